The molecule has 1 N–H and O–H groups in total. The summed E-state index contributed by atoms with van der Waals surface area (Å²) in [4.78, 5) is 0.837. The van der Waals surface area contributed by atoms with Crippen LogP contribution in [-0.4, -0.2) is 5.11 Å². The minimum absolute atomic E-state index is 0.314. The molecule has 0 bridgehead atoms. The van der Waals surface area contributed by atoms with Crippen LogP contribution < -0.4 is 0 Å². The van der Waals surface area contributed by atoms with Gasteiger partial charge in [0, 0.05) is 4.88 Å². The lowest BCUT2D eigenvalue weighted by atomic mass is 10.0. The molecule has 1 nitrogen and oxygen atoms in total. The number of rotatable bonds is 2. The normalized spacial score (nSPS) is 12.7. The van der Waals surface area contributed by atoms with Crippen molar-refractivity contribution in [3.05, 3.63) is 57.5 Å². The molecule has 2 aromatic rings. The monoisotopic (exact) mass is 222 g/mol. The number of aliphatic hydroxyl groups is 1. The third-order valence-electron chi connectivity index (χ3n) is 2.35. The predicted molar refractivity (Wildman–Crippen MR) is 59.5 cm³/mol. The Morgan fingerprint density at radius 1 is 1.33 bits per heavy atom. The van der Waals surface area contributed by atoms with Gasteiger partial charge in [0.15, 0.2) is 0 Å². The molecule has 2 rings (SSSR count). The number of aryl methyl sites for hydroxylation is 1. The largest absolute Gasteiger partial charge is 0.383 e. The maximum atomic E-state index is 13.0. The number of thiophene rings is 1. The van der Waals surface area contributed by atoms with E-state index in [4.69, 9.17) is 0 Å². The van der Waals surface area contributed by atoms with E-state index in [-0.39, 0.29) is 5.82 Å². The summed E-state index contributed by atoms with van der Waals surface area (Å²) in [6.45, 7) is 1.87. The van der Waals surface area contributed by atoms with Crippen LogP contribution in [0.4, 0.5) is 4.39 Å². The standard InChI is InChI=1S/C12H11FOS/c1-8-4-5-9(13)7-10(8)12(14)11-3-2-6-15-11/h2-7,12,14H,1H3. The number of benzene rings is 1. The molecule has 1 unspecified atom stereocenters. The van der Waals surface area contributed by atoms with Crippen LogP contribution in [-0.2, 0) is 0 Å². The molecule has 0 aliphatic carbocycles. The second-order valence-electron chi connectivity index (χ2n) is 3.42. The Morgan fingerprint density at radius 3 is 2.80 bits per heavy atom. The van der Waals surface area contributed by atoms with Crippen LogP contribution in [0.1, 0.15) is 22.1 Å². The summed E-state index contributed by atoms with van der Waals surface area (Å²) in [5.74, 6) is -0.314. The van der Waals surface area contributed by atoms with Crippen molar-refractivity contribution in [3.63, 3.8) is 0 Å². The van der Waals surface area contributed by atoms with Crippen molar-refractivity contribution in [1.82, 2.24) is 0 Å². The van der Waals surface area contributed by atoms with Crippen molar-refractivity contribution >= 4 is 11.3 Å². The first kappa shape index (κ1) is 10.3. The Balaban J connectivity index is 2.41. The van der Waals surface area contributed by atoms with Gasteiger partial charge < -0.3 is 5.11 Å². The van der Waals surface area contributed by atoms with Crippen molar-refractivity contribution in [2.75, 3.05) is 0 Å². The summed E-state index contributed by atoms with van der Waals surface area (Å²) < 4.78 is 13.0. The summed E-state index contributed by atoms with van der Waals surface area (Å²) in [5, 5.41) is 11.9. The molecule has 0 spiro atoms. The topological polar surface area (TPSA) is 20.2 Å². The van der Waals surface area contributed by atoms with Crippen molar-refractivity contribution in [3.8, 4) is 0 Å². The van der Waals surface area contributed by atoms with Crippen LogP contribution in [0.25, 0.3) is 0 Å². The zero-order chi connectivity index (χ0) is 10.8. The highest BCUT2D eigenvalue weighted by atomic mass is 32.1. The highest BCUT2D eigenvalue weighted by Crippen LogP contribution is 2.28. The SMILES string of the molecule is Cc1ccc(F)cc1C(O)c1cccs1. The first-order valence-corrected chi connectivity index (χ1v) is 5.54. The zero-order valence-corrected chi connectivity index (χ0v) is 9.09. The third-order valence-corrected chi connectivity index (χ3v) is 3.27. The van der Waals surface area contributed by atoms with Crippen molar-refractivity contribution in [2.45, 2.75) is 13.0 Å². The van der Waals surface area contributed by atoms with Gasteiger partial charge in [-0.1, -0.05) is 12.1 Å². The van der Waals surface area contributed by atoms with E-state index >= 15 is 0 Å². The Labute approximate surface area is 91.8 Å². The highest BCUT2D eigenvalue weighted by Gasteiger charge is 2.14. The average Bonchev–Trinajstić information content (AvgIpc) is 2.74. The zero-order valence-electron chi connectivity index (χ0n) is 8.27. The van der Waals surface area contributed by atoms with E-state index in [1.54, 1.807) is 6.07 Å². The van der Waals surface area contributed by atoms with E-state index in [0.717, 1.165) is 10.4 Å². The molecule has 0 fully saturated rings. The quantitative estimate of drug-likeness (QED) is 0.826. The maximum absolute atomic E-state index is 13.0. The molecular formula is C12H11FOS. The molecule has 1 heterocycles. The molecule has 0 saturated heterocycles. The van der Waals surface area contributed by atoms with E-state index in [1.165, 1.54) is 23.5 Å². The van der Waals surface area contributed by atoms with Crippen LogP contribution in [0.2, 0.25) is 0 Å². The number of aliphatic hydroxyl groups excluding tert-OH is 1. The van der Waals surface area contributed by atoms with Gasteiger partial charge in [0.25, 0.3) is 0 Å². The second kappa shape index (κ2) is 4.13. The molecule has 1 aromatic heterocycles. The van der Waals surface area contributed by atoms with Crippen molar-refractivity contribution < 1.29 is 9.50 Å². The van der Waals surface area contributed by atoms with E-state index in [0.29, 0.717) is 5.56 Å². The van der Waals surface area contributed by atoms with Crippen LogP contribution in [0, 0.1) is 12.7 Å². The minimum Gasteiger partial charge on any atom is -0.383 e. The fourth-order valence-corrected chi connectivity index (χ4v) is 2.23. The molecule has 0 radical (unpaired) electrons. The fourth-order valence-electron chi connectivity index (χ4n) is 1.51. The van der Waals surface area contributed by atoms with Crippen LogP contribution in [0.5, 0.6) is 0 Å². The Bertz CT molecular complexity index is 451. The molecule has 78 valence electrons. The Hall–Kier alpha value is -1.19. The Morgan fingerprint density at radius 2 is 2.13 bits per heavy atom. The van der Waals surface area contributed by atoms with Gasteiger partial charge in [-0.2, -0.15) is 0 Å². The van der Waals surface area contributed by atoms with E-state index in [2.05, 4.69) is 0 Å². The predicted octanol–water partition coefficient (Wildman–Crippen LogP) is 3.28. The van der Waals surface area contributed by atoms with Crippen LogP contribution >= 0.6 is 11.3 Å². The van der Waals surface area contributed by atoms with E-state index in [1.807, 2.05) is 24.4 Å². The summed E-state index contributed by atoms with van der Waals surface area (Å²) in [7, 11) is 0. The number of hydrogen-bond donors (Lipinski definition) is 1. The minimum atomic E-state index is -0.722. The lowest BCUT2D eigenvalue weighted by molar-refractivity contribution is 0.223. The Kier molecular flexibility index (Phi) is 2.84. The van der Waals surface area contributed by atoms with E-state index < -0.39 is 6.10 Å². The smallest absolute Gasteiger partial charge is 0.123 e. The molecule has 0 saturated carbocycles. The first-order valence-electron chi connectivity index (χ1n) is 4.66. The van der Waals surface area contributed by atoms with Gasteiger partial charge in [-0.25, -0.2) is 4.39 Å². The highest BCUT2D eigenvalue weighted by molar-refractivity contribution is 7.10. The van der Waals surface area contributed by atoms with Gasteiger partial charge >= 0.3 is 0 Å². The number of hydrogen-bond acceptors (Lipinski definition) is 2. The van der Waals surface area contributed by atoms with Crippen molar-refractivity contribution in [1.29, 1.82) is 0 Å². The summed E-state index contributed by atoms with van der Waals surface area (Å²) in [5.41, 5.74) is 1.54. The summed E-state index contributed by atoms with van der Waals surface area (Å²) in [6, 6.07) is 8.19. The van der Waals surface area contributed by atoms with Crippen LogP contribution in [0.3, 0.4) is 0 Å². The lowest BCUT2D eigenvalue weighted by Crippen LogP contribution is -2.00. The molecule has 0 aliphatic heterocycles. The molecule has 3 heteroatoms. The van der Waals surface area contributed by atoms with Gasteiger partial charge in [-0.3, -0.25) is 0 Å². The number of halogens is 1. The van der Waals surface area contributed by atoms with Gasteiger partial charge in [0.1, 0.15) is 11.9 Å². The van der Waals surface area contributed by atoms with Crippen molar-refractivity contribution in [2.24, 2.45) is 0 Å². The van der Waals surface area contributed by atoms with Crippen LogP contribution in [0.15, 0.2) is 35.7 Å². The van der Waals surface area contributed by atoms with Gasteiger partial charge in [-0.15, -0.1) is 11.3 Å². The molecule has 1 aromatic carbocycles. The fraction of sp³-hybridized carbons (Fsp3) is 0.167. The second-order valence-corrected chi connectivity index (χ2v) is 4.40. The molecule has 15 heavy (non-hydrogen) atoms. The molecule has 1 atom stereocenters. The van der Waals surface area contributed by atoms with Gasteiger partial charge in [-0.05, 0) is 41.6 Å². The van der Waals surface area contributed by atoms with Gasteiger partial charge in [0.05, 0.1) is 0 Å². The summed E-state index contributed by atoms with van der Waals surface area (Å²) in [6.07, 6.45) is -0.722. The first-order chi connectivity index (χ1) is 7.18. The van der Waals surface area contributed by atoms with Gasteiger partial charge in [0.2, 0.25) is 0 Å². The molecule has 0 aliphatic rings. The molecule has 0 amide bonds. The maximum Gasteiger partial charge on any atom is 0.123 e. The average molecular weight is 222 g/mol. The lowest BCUT2D eigenvalue weighted by Gasteiger charge is -2.11. The summed E-state index contributed by atoms with van der Waals surface area (Å²) >= 11 is 1.47. The third kappa shape index (κ3) is 2.08. The van der Waals surface area contributed by atoms with E-state index in [9.17, 15) is 9.50 Å². The molecular weight excluding hydrogens is 211 g/mol.